The van der Waals surface area contributed by atoms with E-state index < -0.39 is 5.97 Å². The molecule has 0 bridgehead atoms. The van der Waals surface area contributed by atoms with E-state index in [4.69, 9.17) is 16.7 Å². The minimum Gasteiger partial charge on any atom is -0.478 e. The van der Waals surface area contributed by atoms with Crippen LogP contribution >= 0.6 is 11.6 Å². The van der Waals surface area contributed by atoms with E-state index >= 15 is 0 Å². The van der Waals surface area contributed by atoms with Crippen molar-refractivity contribution in [3.05, 3.63) is 28.8 Å². The number of nitrogens with zero attached hydrogens (tertiary/aromatic N) is 1. The molecule has 1 heterocycles. The van der Waals surface area contributed by atoms with Gasteiger partial charge in [0.15, 0.2) is 0 Å². The average Bonchev–Trinajstić information content (AvgIpc) is 2.32. The fourth-order valence-electron chi connectivity index (χ4n) is 2.56. The number of likely N-dealkylation sites (tertiary alicyclic amines) is 1. The zero-order valence-corrected chi connectivity index (χ0v) is 11.9. The van der Waals surface area contributed by atoms with E-state index in [1.54, 1.807) is 18.2 Å². The van der Waals surface area contributed by atoms with Crippen molar-refractivity contribution >= 4 is 23.3 Å². The van der Waals surface area contributed by atoms with Gasteiger partial charge in [-0.2, -0.15) is 0 Å². The molecular weight excluding hydrogens is 264 g/mol. The quantitative estimate of drug-likeness (QED) is 0.895. The summed E-state index contributed by atoms with van der Waals surface area (Å²) in [6.07, 6.45) is 1.08. The Morgan fingerprint density at radius 3 is 2.84 bits per heavy atom. The fourth-order valence-corrected chi connectivity index (χ4v) is 2.82. The number of hydrogen-bond acceptors (Lipinski definition) is 3. The molecule has 5 heteroatoms. The first-order valence-corrected chi connectivity index (χ1v) is 6.83. The van der Waals surface area contributed by atoms with Gasteiger partial charge in [-0.25, -0.2) is 4.79 Å². The molecule has 1 saturated heterocycles. The Hall–Kier alpha value is -1.26. The van der Waals surface area contributed by atoms with Gasteiger partial charge in [-0.1, -0.05) is 18.5 Å². The minimum absolute atomic E-state index is 0.142. The van der Waals surface area contributed by atoms with Crippen molar-refractivity contribution in [1.29, 1.82) is 0 Å². The van der Waals surface area contributed by atoms with Crippen LogP contribution in [0.1, 0.15) is 23.7 Å². The number of halogens is 1. The summed E-state index contributed by atoms with van der Waals surface area (Å²) >= 11 is 5.97. The Labute approximate surface area is 118 Å². The number of hydrogen-bond donors (Lipinski definition) is 2. The summed E-state index contributed by atoms with van der Waals surface area (Å²) in [4.78, 5) is 13.2. The third-order valence-electron chi connectivity index (χ3n) is 3.66. The van der Waals surface area contributed by atoms with Gasteiger partial charge in [-0.3, -0.25) is 0 Å². The molecule has 0 aliphatic carbocycles. The summed E-state index contributed by atoms with van der Waals surface area (Å²) < 4.78 is 0. The van der Waals surface area contributed by atoms with Crippen LogP contribution in [0.4, 0.5) is 5.69 Å². The lowest BCUT2D eigenvalue weighted by atomic mass is 9.94. The molecule has 19 heavy (non-hydrogen) atoms. The number of piperidine rings is 1. The van der Waals surface area contributed by atoms with Crippen LogP contribution in [0.25, 0.3) is 0 Å². The highest BCUT2D eigenvalue weighted by molar-refractivity contribution is 6.33. The molecule has 1 aliphatic rings. The molecule has 1 aromatic rings. The molecule has 104 valence electrons. The van der Waals surface area contributed by atoms with Gasteiger partial charge in [0.1, 0.15) is 0 Å². The molecule has 1 aliphatic heterocycles. The minimum atomic E-state index is -0.996. The van der Waals surface area contributed by atoms with Crippen LogP contribution in [0, 0.1) is 5.92 Å². The van der Waals surface area contributed by atoms with Gasteiger partial charge < -0.3 is 15.3 Å². The first-order valence-electron chi connectivity index (χ1n) is 6.45. The molecule has 0 aromatic heterocycles. The zero-order chi connectivity index (χ0) is 14.0. The van der Waals surface area contributed by atoms with Gasteiger partial charge in [0.05, 0.1) is 10.6 Å². The molecule has 2 unspecified atom stereocenters. The van der Waals surface area contributed by atoms with Crippen molar-refractivity contribution in [1.82, 2.24) is 4.90 Å². The van der Waals surface area contributed by atoms with Crippen LogP contribution in [-0.2, 0) is 0 Å². The third kappa shape index (κ3) is 3.39. The predicted octanol–water partition coefficient (Wildman–Crippen LogP) is 2.79. The Kier molecular flexibility index (Phi) is 4.32. The summed E-state index contributed by atoms with van der Waals surface area (Å²) in [5, 5.41) is 12.7. The van der Waals surface area contributed by atoms with Crippen molar-refractivity contribution in [2.45, 2.75) is 19.4 Å². The monoisotopic (exact) mass is 282 g/mol. The second-order valence-corrected chi connectivity index (χ2v) is 5.69. The normalized spacial score (nSPS) is 24.2. The number of nitrogens with one attached hydrogen (secondary N) is 1. The van der Waals surface area contributed by atoms with Crippen molar-refractivity contribution in [2.24, 2.45) is 5.92 Å². The van der Waals surface area contributed by atoms with Crippen molar-refractivity contribution < 1.29 is 9.90 Å². The van der Waals surface area contributed by atoms with E-state index in [1.165, 1.54) is 0 Å². The van der Waals surface area contributed by atoms with Crippen LogP contribution in [-0.4, -0.2) is 42.2 Å². The molecule has 2 N–H and O–H groups in total. The number of carbonyl (C=O) groups is 1. The van der Waals surface area contributed by atoms with E-state index in [0.29, 0.717) is 12.0 Å². The number of carboxylic acids is 1. The Bertz CT molecular complexity index is 479. The molecule has 0 spiro atoms. The number of rotatable bonds is 3. The molecule has 1 aromatic carbocycles. The van der Waals surface area contributed by atoms with Crippen LogP contribution in [0.5, 0.6) is 0 Å². The largest absolute Gasteiger partial charge is 0.478 e. The van der Waals surface area contributed by atoms with E-state index in [-0.39, 0.29) is 10.6 Å². The molecule has 0 amide bonds. The fraction of sp³-hybridized carbons (Fsp3) is 0.500. The van der Waals surface area contributed by atoms with Gasteiger partial charge >= 0.3 is 5.97 Å². The second-order valence-electron chi connectivity index (χ2n) is 5.28. The van der Waals surface area contributed by atoms with E-state index in [9.17, 15) is 4.79 Å². The van der Waals surface area contributed by atoms with Gasteiger partial charge in [0.2, 0.25) is 0 Å². The standard InChI is InChI=1S/C14H19ClN2O2/c1-9-8-17(2)6-5-13(9)16-10-3-4-11(14(18)19)12(15)7-10/h3-4,7,9,13,16H,5-6,8H2,1-2H3,(H,18,19). The van der Waals surface area contributed by atoms with Crippen LogP contribution in [0.15, 0.2) is 18.2 Å². The van der Waals surface area contributed by atoms with Crippen LogP contribution in [0.3, 0.4) is 0 Å². The van der Waals surface area contributed by atoms with Gasteiger partial charge in [-0.05, 0) is 44.1 Å². The van der Waals surface area contributed by atoms with Crippen LogP contribution in [0.2, 0.25) is 5.02 Å². The predicted molar refractivity (Wildman–Crippen MR) is 77.1 cm³/mol. The lowest BCUT2D eigenvalue weighted by Crippen LogP contribution is -2.43. The zero-order valence-electron chi connectivity index (χ0n) is 11.2. The van der Waals surface area contributed by atoms with Crippen molar-refractivity contribution in [3.8, 4) is 0 Å². The van der Waals surface area contributed by atoms with Crippen molar-refractivity contribution in [3.63, 3.8) is 0 Å². The maximum absolute atomic E-state index is 10.9. The van der Waals surface area contributed by atoms with Crippen molar-refractivity contribution in [2.75, 3.05) is 25.5 Å². The smallest absolute Gasteiger partial charge is 0.337 e. The second kappa shape index (κ2) is 5.80. The topological polar surface area (TPSA) is 52.6 Å². The van der Waals surface area contributed by atoms with E-state index in [0.717, 1.165) is 25.2 Å². The van der Waals surface area contributed by atoms with E-state index in [2.05, 4.69) is 24.2 Å². The SMILES string of the molecule is CC1CN(C)CCC1Nc1ccc(C(=O)O)c(Cl)c1. The number of aromatic carboxylic acids is 1. The summed E-state index contributed by atoms with van der Waals surface area (Å²) in [6, 6.07) is 5.42. The maximum atomic E-state index is 10.9. The highest BCUT2D eigenvalue weighted by Crippen LogP contribution is 2.24. The average molecular weight is 283 g/mol. The molecule has 0 saturated carbocycles. The highest BCUT2D eigenvalue weighted by Gasteiger charge is 2.24. The number of carboxylic acid groups (broad SMARTS) is 1. The summed E-state index contributed by atoms with van der Waals surface area (Å²) in [5.41, 5.74) is 1.03. The molecule has 4 nitrogen and oxygen atoms in total. The lowest BCUT2D eigenvalue weighted by molar-refractivity contribution is 0.0697. The summed E-state index contributed by atoms with van der Waals surface area (Å²) in [5.74, 6) is -0.444. The number of anilines is 1. The highest BCUT2D eigenvalue weighted by atomic mass is 35.5. The molecule has 2 atom stereocenters. The third-order valence-corrected chi connectivity index (χ3v) is 3.97. The first-order chi connectivity index (χ1) is 8.97. The summed E-state index contributed by atoms with van der Waals surface area (Å²) in [7, 11) is 2.13. The first kappa shape index (κ1) is 14.2. The van der Waals surface area contributed by atoms with Gasteiger partial charge in [0.25, 0.3) is 0 Å². The Morgan fingerprint density at radius 2 is 2.26 bits per heavy atom. The van der Waals surface area contributed by atoms with E-state index in [1.807, 2.05) is 0 Å². The lowest BCUT2D eigenvalue weighted by Gasteiger charge is -2.35. The maximum Gasteiger partial charge on any atom is 0.337 e. The Balaban J connectivity index is 2.07. The molecule has 1 fully saturated rings. The van der Waals surface area contributed by atoms with Gasteiger partial charge in [0, 0.05) is 18.3 Å². The Morgan fingerprint density at radius 1 is 1.53 bits per heavy atom. The molecule has 2 rings (SSSR count). The number of benzene rings is 1. The van der Waals surface area contributed by atoms with Gasteiger partial charge in [-0.15, -0.1) is 0 Å². The summed E-state index contributed by atoms with van der Waals surface area (Å²) in [6.45, 7) is 4.36. The van der Waals surface area contributed by atoms with Crippen LogP contribution < -0.4 is 5.32 Å². The molecule has 0 radical (unpaired) electrons. The molecular formula is C14H19ClN2O2.